The summed E-state index contributed by atoms with van der Waals surface area (Å²) >= 11 is 6.21. The molecule has 0 aromatic heterocycles. The summed E-state index contributed by atoms with van der Waals surface area (Å²) in [6.07, 6.45) is 3.73. The standard InChI is InChI=1S/C21H25ClN2O3S/c1-16(17-9-5-4-6-10-17)23-21(25)18-11-12-19(22)20(15-18)28(26,27)24-13-7-2-3-8-14-24/h4-6,9-12,15-16H,2-3,7-8,13-14H2,1H3,(H,23,25)/t16-/m0/s1. The Labute approximate surface area is 171 Å². The van der Waals surface area contributed by atoms with Crippen molar-refractivity contribution in [2.75, 3.05) is 13.1 Å². The predicted octanol–water partition coefficient (Wildman–Crippen LogP) is 4.40. The van der Waals surface area contributed by atoms with Crippen LogP contribution in [0.3, 0.4) is 0 Å². The van der Waals surface area contributed by atoms with E-state index in [0.717, 1.165) is 31.2 Å². The Balaban J connectivity index is 1.83. The van der Waals surface area contributed by atoms with Crippen molar-refractivity contribution in [1.29, 1.82) is 0 Å². The van der Waals surface area contributed by atoms with Crippen molar-refractivity contribution in [1.82, 2.24) is 9.62 Å². The Morgan fingerprint density at radius 3 is 2.32 bits per heavy atom. The van der Waals surface area contributed by atoms with Gasteiger partial charge in [0.25, 0.3) is 5.91 Å². The predicted molar refractivity (Wildman–Crippen MR) is 111 cm³/mol. The Hall–Kier alpha value is -1.89. The SMILES string of the molecule is C[C@H](NC(=O)c1ccc(Cl)c(S(=O)(=O)N2CCCCCC2)c1)c1ccccc1. The number of halogens is 1. The number of benzene rings is 2. The Morgan fingerprint density at radius 1 is 1.04 bits per heavy atom. The van der Waals surface area contributed by atoms with Gasteiger partial charge in [0.05, 0.1) is 11.1 Å². The molecule has 0 unspecified atom stereocenters. The fourth-order valence-corrected chi connectivity index (χ4v) is 5.39. The molecule has 1 heterocycles. The van der Waals surface area contributed by atoms with Gasteiger partial charge in [0, 0.05) is 18.7 Å². The average Bonchev–Trinajstić information content (AvgIpc) is 2.99. The third kappa shape index (κ3) is 4.74. The van der Waals surface area contributed by atoms with Crippen molar-refractivity contribution in [3.8, 4) is 0 Å². The fourth-order valence-electron chi connectivity index (χ4n) is 3.37. The molecule has 1 fully saturated rings. The van der Waals surface area contributed by atoms with Crippen molar-refractivity contribution >= 4 is 27.5 Å². The number of hydrogen-bond donors (Lipinski definition) is 1. The first kappa shape index (κ1) is 20.8. The van der Waals surface area contributed by atoms with Crippen molar-refractivity contribution in [2.45, 2.75) is 43.5 Å². The molecule has 0 radical (unpaired) electrons. The van der Waals surface area contributed by atoms with Crippen molar-refractivity contribution in [2.24, 2.45) is 0 Å². The number of amides is 1. The van der Waals surface area contributed by atoms with Crippen molar-refractivity contribution in [3.63, 3.8) is 0 Å². The molecular formula is C21H25ClN2O3S. The molecule has 1 aliphatic heterocycles. The van der Waals surface area contributed by atoms with Gasteiger partial charge >= 0.3 is 0 Å². The molecule has 0 saturated carbocycles. The van der Waals surface area contributed by atoms with Gasteiger partial charge in [-0.25, -0.2) is 8.42 Å². The van der Waals surface area contributed by atoms with Gasteiger partial charge in [0.1, 0.15) is 4.90 Å². The van der Waals surface area contributed by atoms with Crippen LogP contribution < -0.4 is 5.32 Å². The lowest BCUT2D eigenvalue weighted by molar-refractivity contribution is 0.0939. The second kappa shape index (κ2) is 9.07. The highest BCUT2D eigenvalue weighted by Crippen LogP contribution is 2.28. The quantitative estimate of drug-likeness (QED) is 0.779. The van der Waals surface area contributed by atoms with Crippen LogP contribution in [0.15, 0.2) is 53.4 Å². The molecule has 2 aromatic rings. The van der Waals surface area contributed by atoms with Gasteiger partial charge in [0.15, 0.2) is 0 Å². The maximum Gasteiger partial charge on any atom is 0.251 e. The highest BCUT2D eigenvalue weighted by molar-refractivity contribution is 7.89. The Morgan fingerprint density at radius 2 is 1.68 bits per heavy atom. The van der Waals surface area contributed by atoms with E-state index < -0.39 is 10.0 Å². The van der Waals surface area contributed by atoms with E-state index in [1.807, 2.05) is 37.3 Å². The summed E-state index contributed by atoms with van der Waals surface area (Å²) in [6, 6.07) is 13.8. The van der Waals surface area contributed by atoms with Crippen LogP contribution in [0.1, 0.15) is 54.6 Å². The number of carbonyl (C=O) groups excluding carboxylic acids is 1. The molecule has 0 spiro atoms. The fraction of sp³-hybridized carbons (Fsp3) is 0.381. The molecular weight excluding hydrogens is 396 g/mol. The van der Waals surface area contributed by atoms with Crippen LogP contribution >= 0.6 is 11.6 Å². The summed E-state index contributed by atoms with van der Waals surface area (Å²) in [4.78, 5) is 12.7. The van der Waals surface area contributed by atoms with Crippen molar-refractivity contribution < 1.29 is 13.2 Å². The molecule has 1 aliphatic rings. The summed E-state index contributed by atoms with van der Waals surface area (Å²) in [7, 11) is -3.73. The van der Waals surface area contributed by atoms with Crippen LogP contribution in [-0.4, -0.2) is 31.7 Å². The number of sulfonamides is 1. The van der Waals surface area contributed by atoms with E-state index in [1.165, 1.54) is 16.4 Å². The number of rotatable bonds is 5. The Kier molecular flexibility index (Phi) is 6.75. The van der Waals surface area contributed by atoms with Gasteiger partial charge in [0.2, 0.25) is 10.0 Å². The van der Waals surface area contributed by atoms with E-state index in [1.54, 1.807) is 6.07 Å². The zero-order valence-electron chi connectivity index (χ0n) is 15.9. The zero-order chi connectivity index (χ0) is 20.1. The molecule has 1 saturated heterocycles. The topological polar surface area (TPSA) is 66.5 Å². The van der Waals surface area contributed by atoms with E-state index in [0.29, 0.717) is 13.1 Å². The highest BCUT2D eigenvalue weighted by Gasteiger charge is 2.28. The summed E-state index contributed by atoms with van der Waals surface area (Å²) in [6.45, 7) is 2.86. The molecule has 3 rings (SSSR count). The summed E-state index contributed by atoms with van der Waals surface area (Å²) in [5, 5.41) is 3.05. The molecule has 2 aromatic carbocycles. The largest absolute Gasteiger partial charge is 0.346 e. The van der Waals surface area contributed by atoms with Crippen LogP contribution in [-0.2, 0) is 10.0 Å². The minimum Gasteiger partial charge on any atom is -0.346 e. The van der Waals surface area contributed by atoms with Crippen LogP contribution in [0.25, 0.3) is 0 Å². The van der Waals surface area contributed by atoms with Crippen LogP contribution in [0.4, 0.5) is 0 Å². The van der Waals surface area contributed by atoms with Gasteiger partial charge in [-0.05, 0) is 43.5 Å². The Bertz CT molecular complexity index is 924. The number of nitrogens with zero attached hydrogens (tertiary/aromatic N) is 1. The molecule has 0 aliphatic carbocycles. The maximum atomic E-state index is 13.1. The van der Waals surface area contributed by atoms with E-state index >= 15 is 0 Å². The average molecular weight is 421 g/mol. The van der Waals surface area contributed by atoms with Gasteiger partial charge in [-0.1, -0.05) is 54.8 Å². The minimum atomic E-state index is -3.73. The monoisotopic (exact) mass is 420 g/mol. The minimum absolute atomic E-state index is 0.00363. The van der Waals surface area contributed by atoms with E-state index in [-0.39, 0.29) is 27.4 Å². The normalized spacial score (nSPS) is 16.9. The highest BCUT2D eigenvalue weighted by atomic mass is 35.5. The molecule has 0 bridgehead atoms. The van der Waals surface area contributed by atoms with E-state index in [2.05, 4.69) is 5.32 Å². The molecule has 28 heavy (non-hydrogen) atoms. The molecule has 150 valence electrons. The molecule has 1 atom stereocenters. The van der Waals surface area contributed by atoms with Crippen molar-refractivity contribution in [3.05, 3.63) is 64.7 Å². The molecule has 1 amide bonds. The number of hydrogen-bond acceptors (Lipinski definition) is 3. The maximum absolute atomic E-state index is 13.1. The van der Waals surface area contributed by atoms with E-state index in [9.17, 15) is 13.2 Å². The third-order valence-electron chi connectivity index (χ3n) is 5.02. The smallest absolute Gasteiger partial charge is 0.251 e. The first-order valence-electron chi connectivity index (χ1n) is 9.55. The van der Waals surface area contributed by atoms with Crippen LogP contribution in [0, 0.1) is 0 Å². The lowest BCUT2D eigenvalue weighted by Crippen LogP contribution is -2.32. The zero-order valence-corrected chi connectivity index (χ0v) is 17.5. The first-order chi connectivity index (χ1) is 13.4. The molecule has 1 N–H and O–H groups in total. The van der Waals surface area contributed by atoms with Crippen LogP contribution in [0.5, 0.6) is 0 Å². The first-order valence-corrected chi connectivity index (χ1v) is 11.4. The molecule has 7 heteroatoms. The lowest BCUT2D eigenvalue weighted by atomic mass is 10.1. The summed E-state index contributed by atoms with van der Waals surface area (Å²) < 4.78 is 27.7. The number of nitrogens with one attached hydrogen (secondary N) is 1. The summed E-state index contributed by atoms with van der Waals surface area (Å²) in [5.41, 5.74) is 1.25. The molecule has 5 nitrogen and oxygen atoms in total. The lowest BCUT2D eigenvalue weighted by Gasteiger charge is -2.21. The van der Waals surface area contributed by atoms with Crippen LogP contribution in [0.2, 0.25) is 5.02 Å². The van der Waals surface area contributed by atoms with Gasteiger partial charge in [-0.3, -0.25) is 4.79 Å². The number of carbonyl (C=O) groups is 1. The van der Waals surface area contributed by atoms with E-state index in [4.69, 9.17) is 11.6 Å². The van der Waals surface area contributed by atoms with Gasteiger partial charge < -0.3 is 5.32 Å². The van der Waals surface area contributed by atoms with Gasteiger partial charge in [-0.2, -0.15) is 4.31 Å². The van der Waals surface area contributed by atoms with Gasteiger partial charge in [-0.15, -0.1) is 0 Å². The third-order valence-corrected chi connectivity index (χ3v) is 7.40. The summed E-state index contributed by atoms with van der Waals surface area (Å²) in [5.74, 6) is -0.333. The second-order valence-electron chi connectivity index (χ2n) is 7.07. The second-order valence-corrected chi connectivity index (χ2v) is 9.38.